The zero-order valence-corrected chi connectivity index (χ0v) is 18.9. The number of benzene rings is 2. The summed E-state index contributed by atoms with van der Waals surface area (Å²) >= 11 is 5.64. The third kappa shape index (κ3) is 10.6. The summed E-state index contributed by atoms with van der Waals surface area (Å²) in [6, 6.07) is 14.9. The maximum Gasteiger partial charge on any atom is 0.274 e. The lowest BCUT2D eigenvalue weighted by Gasteiger charge is -2.07. The molecule has 0 aromatic heterocycles. The highest BCUT2D eigenvalue weighted by Gasteiger charge is 2.04. The summed E-state index contributed by atoms with van der Waals surface area (Å²) in [6.07, 6.45) is 3.85. The molecular weight excluding hydrogens is 430 g/mol. The number of ether oxygens (including phenoxy) is 3. The Labute approximate surface area is 194 Å². The minimum Gasteiger partial charge on any atom is -0.382 e. The number of carbonyl (C=O) groups is 1. The Morgan fingerprint density at radius 2 is 1.44 bits per heavy atom. The van der Waals surface area contributed by atoms with Crippen molar-refractivity contribution in [2.75, 3.05) is 52.6 Å². The predicted molar refractivity (Wildman–Crippen MR) is 126 cm³/mol. The Bertz CT molecular complexity index is 885. The van der Waals surface area contributed by atoms with Gasteiger partial charge in [0.2, 0.25) is 0 Å². The number of hydroxylamine groups is 1. The van der Waals surface area contributed by atoms with Gasteiger partial charge in [0.15, 0.2) is 0 Å². The van der Waals surface area contributed by atoms with E-state index in [1.807, 2.05) is 36.4 Å². The molecule has 0 radical (unpaired) electrons. The second-order valence-electron chi connectivity index (χ2n) is 6.50. The molecule has 0 bridgehead atoms. The molecule has 32 heavy (non-hydrogen) atoms. The fourth-order valence-electron chi connectivity index (χ4n) is 2.45. The van der Waals surface area contributed by atoms with Crippen LogP contribution < -0.4 is 5.48 Å². The lowest BCUT2D eigenvalue weighted by atomic mass is 10.1. The van der Waals surface area contributed by atoms with Crippen molar-refractivity contribution >= 4 is 23.6 Å². The van der Waals surface area contributed by atoms with Gasteiger partial charge in [0.1, 0.15) is 0 Å². The molecule has 0 atom stereocenters. The van der Waals surface area contributed by atoms with Gasteiger partial charge in [-0.2, -0.15) is 0 Å². The first kappa shape index (κ1) is 25.6. The minimum absolute atomic E-state index is 0.244. The van der Waals surface area contributed by atoms with Gasteiger partial charge in [-0.15, -0.1) is 11.6 Å². The van der Waals surface area contributed by atoms with Gasteiger partial charge in [-0.3, -0.25) is 9.63 Å². The van der Waals surface area contributed by atoms with Crippen LogP contribution in [0.15, 0.2) is 54.6 Å². The van der Waals surface area contributed by atoms with E-state index in [-0.39, 0.29) is 12.5 Å². The van der Waals surface area contributed by atoms with Crippen LogP contribution in [-0.4, -0.2) is 58.5 Å². The number of carbonyl (C=O) groups excluding carboxylic acids is 1. The van der Waals surface area contributed by atoms with E-state index in [0.29, 0.717) is 44.5 Å². The van der Waals surface area contributed by atoms with Crippen LogP contribution >= 0.6 is 11.6 Å². The van der Waals surface area contributed by atoms with Crippen molar-refractivity contribution in [2.45, 2.75) is 0 Å². The highest BCUT2D eigenvalue weighted by atomic mass is 35.5. The Balaban J connectivity index is 1.68. The van der Waals surface area contributed by atoms with Crippen molar-refractivity contribution < 1.29 is 23.8 Å². The number of allylic oxidation sites excluding steroid dienone is 1. The molecule has 170 valence electrons. The van der Waals surface area contributed by atoms with Crippen molar-refractivity contribution in [3.8, 4) is 11.8 Å². The summed E-state index contributed by atoms with van der Waals surface area (Å²) in [5, 5.41) is 0. The van der Waals surface area contributed by atoms with Gasteiger partial charge < -0.3 is 14.2 Å². The SMILES string of the molecule is COCCOCCOCCONC(=O)c1ccc(C#Cc2ccc(/C=C/CCl)cc2)cc1. The molecule has 7 heteroatoms. The van der Waals surface area contributed by atoms with Crippen molar-refractivity contribution in [1.82, 2.24) is 5.48 Å². The smallest absolute Gasteiger partial charge is 0.274 e. The van der Waals surface area contributed by atoms with Gasteiger partial charge in [0.25, 0.3) is 5.91 Å². The van der Waals surface area contributed by atoms with Gasteiger partial charge in [-0.05, 0) is 42.0 Å². The molecule has 0 aliphatic rings. The molecule has 0 aliphatic heterocycles. The number of rotatable bonds is 13. The van der Waals surface area contributed by atoms with Crippen LogP contribution in [-0.2, 0) is 19.0 Å². The summed E-state index contributed by atoms with van der Waals surface area (Å²) in [5.41, 5.74) is 5.68. The first-order valence-electron chi connectivity index (χ1n) is 10.2. The number of halogens is 1. The summed E-state index contributed by atoms with van der Waals surface area (Å²) in [7, 11) is 1.62. The van der Waals surface area contributed by atoms with E-state index >= 15 is 0 Å². The van der Waals surface area contributed by atoms with E-state index in [9.17, 15) is 4.79 Å². The second kappa shape index (κ2) is 16.0. The largest absolute Gasteiger partial charge is 0.382 e. The van der Waals surface area contributed by atoms with Gasteiger partial charge in [0, 0.05) is 29.7 Å². The summed E-state index contributed by atoms with van der Waals surface area (Å²) < 4.78 is 15.5. The van der Waals surface area contributed by atoms with Gasteiger partial charge in [-0.25, -0.2) is 5.48 Å². The lowest BCUT2D eigenvalue weighted by Crippen LogP contribution is -2.25. The molecule has 1 amide bonds. The number of methoxy groups -OCH3 is 1. The van der Waals surface area contributed by atoms with E-state index in [1.54, 1.807) is 31.4 Å². The fraction of sp³-hybridized carbons (Fsp3) is 0.320. The third-order valence-corrected chi connectivity index (χ3v) is 4.28. The normalized spacial score (nSPS) is 10.7. The van der Waals surface area contributed by atoms with E-state index in [0.717, 1.165) is 16.7 Å². The van der Waals surface area contributed by atoms with Crippen LogP contribution in [0.3, 0.4) is 0 Å². The average Bonchev–Trinajstić information content (AvgIpc) is 2.83. The summed E-state index contributed by atoms with van der Waals surface area (Å²) in [6.45, 7) is 2.64. The molecule has 6 nitrogen and oxygen atoms in total. The number of hydrogen-bond acceptors (Lipinski definition) is 5. The molecule has 1 N–H and O–H groups in total. The maximum atomic E-state index is 12.1. The van der Waals surface area contributed by atoms with Crippen molar-refractivity contribution in [3.05, 3.63) is 76.9 Å². The van der Waals surface area contributed by atoms with Crippen LogP contribution in [0.4, 0.5) is 0 Å². The number of nitrogens with one attached hydrogen (secondary N) is 1. The quantitative estimate of drug-likeness (QED) is 0.215. The third-order valence-electron chi connectivity index (χ3n) is 4.11. The van der Waals surface area contributed by atoms with E-state index in [2.05, 4.69) is 17.3 Å². The highest BCUT2D eigenvalue weighted by Crippen LogP contribution is 2.07. The zero-order chi connectivity index (χ0) is 22.9. The first-order chi connectivity index (χ1) is 15.7. The van der Waals surface area contributed by atoms with E-state index in [1.165, 1.54) is 0 Å². The topological polar surface area (TPSA) is 66.0 Å². The Hall–Kier alpha value is -2.66. The molecule has 0 unspecified atom stereocenters. The van der Waals surface area contributed by atoms with Crippen molar-refractivity contribution in [2.24, 2.45) is 0 Å². The number of hydrogen-bond donors (Lipinski definition) is 1. The summed E-state index contributed by atoms with van der Waals surface area (Å²) in [4.78, 5) is 17.3. The molecule has 0 aliphatic carbocycles. The Morgan fingerprint density at radius 3 is 2.03 bits per heavy atom. The average molecular weight is 458 g/mol. The maximum absolute atomic E-state index is 12.1. The monoisotopic (exact) mass is 457 g/mol. The van der Waals surface area contributed by atoms with E-state index < -0.39 is 0 Å². The van der Waals surface area contributed by atoms with Crippen LogP contribution in [0.1, 0.15) is 27.0 Å². The molecule has 0 saturated carbocycles. The van der Waals surface area contributed by atoms with Crippen LogP contribution in [0, 0.1) is 11.8 Å². The molecular formula is C25H28ClNO5. The molecule has 2 aromatic carbocycles. The molecule has 0 heterocycles. The number of amides is 1. The zero-order valence-electron chi connectivity index (χ0n) is 18.1. The molecule has 0 fully saturated rings. The Morgan fingerprint density at radius 1 is 0.875 bits per heavy atom. The van der Waals surface area contributed by atoms with Gasteiger partial charge in [-0.1, -0.05) is 36.1 Å². The number of alkyl halides is 1. The van der Waals surface area contributed by atoms with E-state index in [4.69, 9.17) is 30.6 Å². The van der Waals surface area contributed by atoms with Gasteiger partial charge in [0.05, 0.1) is 39.6 Å². The van der Waals surface area contributed by atoms with Gasteiger partial charge >= 0.3 is 0 Å². The summed E-state index contributed by atoms with van der Waals surface area (Å²) in [5.74, 6) is 6.37. The standard InChI is InChI=1S/C25H28ClNO5/c1-29-15-16-30-17-18-31-19-20-32-27-25(28)24-12-10-23(11-13-24)9-8-22-6-4-21(5-7-22)3-2-14-26/h2-7,10-13H,14-20H2,1H3,(H,27,28)/b3-2+. The molecule has 0 spiro atoms. The van der Waals surface area contributed by atoms with Crippen LogP contribution in [0.5, 0.6) is 0 Å². The van der Waals surface area contributed by atoms with Crippen LogP contribution in [0.2, 0.25) is 0 Å². The molecule has 2 aromatic rings. The predicted octanol–water partition coefficient (Wildman–Crippen LogP) is 3.68. The molecule has 0 saturated heterocycles. The highest BCUT2D eigenvalue weighted by molar-refractivity contribution is 6.19. The van der Waals surface area contributed by atoms with Crippen molar-refractivity contribution in [1.29, 1.82) is 0 Å². The Kier molecular flexibility index (Phi) is 12.8. The minimum atomic E-state index is -0.326. The van der Waals surface area contributed by atoms with Crippen LogP contribution in [0.25, 0.3) is 6.08 Å². The van der Waals surface area contributed by atoms with Crippen molar-refractivity contribution in [3.63, 3.8) is 0 Å². The lowest BCUT2D eigenvalue weighted by molar-refractivity contribution is -0.0178. The fourth-order valence-corrected chi connectivity index (χ4v) is 2.54. The first-order valence-corrected chi connectivity index (χ1v) is 10.8. The molecule has 2 rings (SSSR count). The second-order valence-corrected chi connectivity index (χ2v) is 6.81.